The average molecular weight is 414 g/mol. The number of fused-ring (bicyclic) bond motifs is 2. The van der Waals surface area contributed by atoms with Gasteiger partial charge in [0.2, 0.25) is 7.42 Å². The maximum Gasteiger partial charge on any atom is 0.242 e. The van der Waals surface area contributed by atoms with Crippen LogP contribution in [0.3, 0.4) is 0 Å². The molecule has 0 spiro atoms. The number of halogens is 8. The predicted octanol–water partition coefficient (Wildman–Crippen LogP) is 5.54. The lowest BCUT2D eigenvalue weighted by Crippen LogP contribution is -2.44. The highest BCUT2D eigenvalue weighted by molar-refractivity contribution is 7.34. The molecule has 4 atom stereocenters. The molecule has 2 aliphatic rings. The first-order valence-electron chi connectivity index (χ1n) is 4.64. The van der Waals surface area contributed by atoms with Crippen LogP contribution in [-0.4, -0.2) is 21.5 Å². The summed E-state index contributed by atoms with van der Waals surface area (Å²) < 4.78 is -1.53. The van der Waals surface area contributed by atoms with E-state index in [1.807, 2.05) is 6.92 Å². The van der Waals surface area contributed by atoms with Gasteiger partial charge < -0.3 is 0 Å². The fourth-order valence-electron chi connectivity index (χ4n) is 2.69. The smallest absolute Gasteiger partial charge is 0.150 e. The SMILES string of the molecule is CC1C([SiH](Cl)Cl)C2(Cl)C(Cl)=C(Cl)C1(Cl)C2(Cl)Cl. The molecule has 2 bridgehead atoms. The van der Waals surface area contributed by atoms with Crippen molar-refractivity contribution < 1.29 is 0 Å². The van der Waals surface area contributed by atoms with Crippen molar-refractivity contribution in [3.05, 3.63) is 10.1 Å². The molecule has 0 aromatic rings. The van der Waals surface area contributed by atoms with Crippen LogP contribution in [0.15, 0.2) is 10.1 Å². The Bertz CT molecular complexity index is 406. The van der Waals surface area contributed by atoms with Gasteiger partial charge in [0.25, 0.3) is 0 Å². The summed E-state index contributed by atoms with van der Waals surface area (Å²) in [6, 6.07) is 0. The van der Waals surface area contributed by atoms with Gasteiger partial charge in [-0.3, -0.25) is 0 Å². The normalized spacial score (nSPS) is 48.4. The minimum Gasteiger partial charge on any atom is -0.150 e. The van der Waals surface area contributed by atoms with Crippen molar-refractivity contribution in [3.8, 4) is 0 Å². The summed E-state index contributed by atoms with van der Waals surface area (Å²) >= 11 is 50.1. The molecule has 0 aromatic heterocycles. The summed E-state index contributed by atoms with van der Waals surface area (Å²) in [5.41, 5.74) is -0.352. The monoisotopic (exact) mass is 410 g/mol. The van der Waals surface area contributed by atoms with Crippen LogP contribution in [0.5, 0.6) is 0 Å². The summed E-state index contributed by atoms with van der Waals surface area (Å²) in [5.74, 6) is -0.252. The molecule has 9 heteroatoms. The highest BCUT2D eigenvalue weighted by atomic mass is 35.7. The van der Waals surface area contributed by atoms with Crippen LogP contribution in [0.4, 0.5) is 0 Å². The third-order valence-corrected chi connectivity index (χ3v) is 11.5. The number of hydrogen-bond donors (Lipinski definition) is 0. The molecule has 0 amide bonds. The first-order chi connectivity index (χ1) is 7.54. The molecule has 1 saturated carbocycles. The maximum absolute atomic E-state index is 6.52. The molecule has 0 N–H and O–H groups in total. The van der Waals surface area contributed by atoms with Gasteiger partial charge >= 0.3 is 0 Å². The molecule has 17 heavy (non-hydrogen) atoms. The van der Waals surface area contributed by atoms with Gasteiger partial charge in [-0.15, -0.1) is 45.4 Å². The molecule has 0 saturated heterocycles. The predicted molar refractivity (Wildman–Crippen MR) is 82.1 cm³/mol. The van der Waals surface area contributed by atoms with Gasteiger partial charge in [0.05, 0.1) is 10.1 Å². The van der Waals surface area contributed by atoms with Crippen LogP contribution in [0, 0.1) is 5.92 Å². The zero-order chi connectivity index (χ0) is 13.4. The van der Waals surface area contributed by atoms with E-state index < -0.39 is 21.5 Å². The van der Waals surface area contributed by atoms with Crippen LogP contribution in [0.25, 0.3) is 0 Å². The fourth-order valence-corrected chi connectivity index (χ4v) is 10.8. The molecular weight excluding hydrogens is 408 g/mol. The van der Waals surface area contributed by atoms with Gasteiger partial charge in [-0.25, -0.2) is 0 Å². The Morgan fingerprint density at radius 1 is 0.941 bits per heavy atom. The Labute approximate surface area is 140 Å². The van der Waals surface area contributed by atoms with Gasteiger partial charge in [-0.2, -0.15) is 0 Å². The Morgan fingerprint density at radius 2 is 1.35 bits per heavy atom. The molecule has 98 valence electrons. The number of rotatable bonds is 1. The van der Waals surface area contributed by atoms with Crippen molar-refractivity contribution in [2.24, 2.45) is 5.92 Å². The van der Waals surface area contributed by atoms with E-state index in [0.29, 0.717) is 0 Å². The van der Waals surface area contributed by atoms with Crippen LogP contribution < -0.4 is 0 Å². The van der Waals surface area contributed by atoms with Crippen molar-refractivity contribution >= 4 is 99.2 Å². The lowest BCUT2D eigenvalue weighted by molar-refractivity contribution is 0.508. The summed E-state index contributed by atoms with van der Waals surface area (Å²) in [6.45, 7) is 1.83. The van der Waals surface area contributed by atoms with E-state index in [4.69, 9.17) is 91.8 Å². The first-order valence-corrected chi connectivity index (χ1v) is 11.1. The number of hydrogen-bond acceptors (Lipinski definition) is 0. The number of allylic oxidation sites excluding steroid dienone is 2. The van der Waals surface area contributed by atoms with E-state index in [9.17, 15) is 0 Å². The quantitative estimate of drug-likeness (QED) is 0.301. The molecule has 0 radical (unpaired) electrons. The van der Waals surface area contributed by atoms with Crippen LogP contribution in [-0.2, 0) is 0 Å². The molecule has 0 heterocycles. The van der Waals surface area contributed by atoms with Crippen LogP contribution in [0.2, 0.25) is 5.54 Å². The maximum atomic E-state index is 6.52. The van der Waals surface area contributed by atoms with Crippen LogP contribution >= 0.6 is 91.8 Å². The standard InChI is InChI=1S/C8H6Cl8Si/c1-2-5(17(15)16)7(12)4(10)3(9)6(2,11)8(7,13)14/h2,5,17H,1H3. The minimum atomic E-state index is -2.20. The Morgan fingerprint density at radius 3 is 1.71 bits per heavy atom. The first kappa shape index (κ1) is 15.7. The van der Waals surface area contributed by atoms with Gasteiger partial charge in [0, 0.05) is 5.54 Å². The molecule has 0 aliphatic heterocycles. The lowest BCUT2D eigenvalue weighted by Gasteiger charge is -2.35. The second-order valence-electron chi connectivity index (χ2n) is 4.27. The fraction of sp³-hybridized carbons (Fsp3) is 0.750. The Kier molecular flexibility index (Phi) is 4.04. The molecule has 2 aliphatic carbocycles. The molecule has 2 rings (SSSR count). The van der Waals surface area contributed by atoms with Gasteiger partial charge in [0.15, 0.2) is 4.33 Å². The van der Waals surface area contributed by atoms with E-state index in [0.717, 1.165) is 0 Å². The van der Waals surface area contributed by atoms with Crippen molar-refractivity contribution in [1.29, 1.82) is 0 Å². The zero-order valence-electron chi connectivity index (χ0n) is 8.26. The number of alkyl halides is 4. The topological polar surface area (TPSA) is 0 Å². The molecule has 4 unspecified atom stereocenters. The Balaban J connectivity index is 2.73. The Hall–Kier alpha value is 2.28. The second kappa shape index (κ2) is 4.38. The molecule has 0 aromatic carbocycles. The van der Waals surface area contributed by atoms with E-state index in [1.54, 1.807) is 0 Å². The van der Waals surface area contributed by atoms with Crippen LogP contribution in [0.1, 0.15) is 6.92 Å². The largest absolute Gasteiger partial charge is 0.242 e. The summed E-state index contributed by atoms with van der Waals surface area (Å²) in [4.78, 5) is -2.55. The summed E-state index contributed by atoms with van der Waals surface area (Å²) in [7, 11) is -2.20. The van der Waals surface area contributed by atoms with Gasteiger partial charge in [-0.05, 0) is 5.92 Å². The molecule has 0 nitrogen and oxygen atoms in total. The zero-order valence-corrected chi connectivity index (χ0v) is 15.5. The van der Waals surface area contributed by atoms with Crippen molar-refractivity contribution in [2.75, 3.05) is 0 Å². The molecular formula is C8H6Cl8Si. The highest BCUT2D eigenvalue weighted by Crippen LogP contribution is 2.78. The van der Waals surface area contributed by atoms with E-state index in [2.05, 4.69) is 0 Å². The van der Waals surface area contributed by atoms with Crippen molar-refractivity contribution in [2.45, 2.75) is 26.5 Å². The van der Waals surface area contributed by atoms with Crippen molar-refractivity contribution in [1.82, 2.24) is 0 Å². The summed E-state index contributed by atoms with van der Waals surface area (Å²) in [5, 5.41) is 0.343. The van der Waals surface area contributed by atoms with E-state index in [-0.39, 0.29) is 21.5 Å². The van der Waals surface area contributed by atoms with E-state index in [1.165, 1.54) is 0 Å². The average Bonchev–Trinajstić information content (AvgIpc) is 2.39. The lowest BCUT2D eigenvalue weighted by atomic mass is 9.93. The van der Waals surface area contributed by atoms with Gasteiger partial charge in [-0.1, -0.05) is 53.3 Å². The minimum absolute atomic E-state index is 0.155. The summed E-state index contributed by atoms with van der Waals surface area (Å²) in [6.07, 6.45) is 0. The third kappa shape index (κ3) is 1.53. The second-order valence-corrected chi connectivity index (χ2v) is 12.4. The molecule has 1 fully saturated rings. The van der Waals surface area contributed by atoms with Gasteiger partial charge in [0.1, 0.15) is 9.75 Å². The van der Waals surface area contributed by atoms with E-state index >= 15 is 0 Å². The van der Waals surface area contributed by atoms with Crippen molar-refractivity contribution in [3.63, 3.8) is 0 Å². The third-order valence-electron chi connectivity index (χ3n) is 3.64. The highest BCUT2D eigenvalue weighted by Gasteiger charge is 2.82.